The molecule has 0 aliphatic rings. The molecule has 6 nitrogen and oxygen atoms in total. The Labute approximate surface area is 115 Å². The highest BCUT2D eigenvalue weighted by Crippen LogP contribution is 2.36. The number of H-pyrrole nitrogens is 1. The van der Waals surface area contributed by atoms with Crippen LogP contribution in [0.2, 0.25) is 0 Å². The van der Waals surface area contributed by atoms with E-state index >= 15 is 0 Å². The van der Waals surface area contributed by atoms with Gasteiger partial charge in [-0.25, -0.2) is 0 Å². The number of hydrogen-bond donors (Lipinski definition) is 1. The fourth-order valence-electron chi connectivity index (χ4n) is 1.66. The highest BCUT2D eigenvalue weighted by Gasteiger charge is 2.15. The number of ether oxygens (including phenoxy) is 3. The topological polar surface area (TPSA) is 69.3 Å². The smallest absolute Gasteiger partial charge is 0.297 e. The van der Waals surface area contributed by atoms with Gasteiger partial charge in [0.05, 0.1) is 21.3 Å². The number of hydrogen-bond acceptors (Lipinski definition) is 6. The van der Waals surface area contributed by atoms with Crippen molar-refractivity contribution in [2.24, 2.45) is 0 Å². The molecule has 0 spiro atoms. The summed E-state index contributed by atoms with van der Waals surface area (Å²) in [4.78, 5) is 11.0. The van der Waals surface area contributed by atoms with Crippen molar-refractivity contribution in [1.82, 2.24) is 15.0 Å². The van der Waals surface area contributed by atoms with Crippen molar-refractivity contribution in [2.75, 3.05) is 21.3 Å². The van der Waals surface area contributed by atoms with E-state index < -0.39 is 0 Å². The second-order valence-corrected chi connectivity index (χ2v) is 3.89. The van der Waals surface area contributed by atoms with E-state index in [-0.39, 0.29) is 10.8 Å². The lowest BCUT2D eigenvalue weighted by molar-refractivity contribution is 0.376. The molecule has 0 amide bonds. The first-order valence-corrected chi connectivity index (χ1v) is 5.84. The average Bonchev–Trinajstić information content (AvgIpc) is 2.45. The predicted molar refractivity (Wildman–Crippen MR) is 72.3 cm³/mol. The van der Waals surface area contributed by atoms with Gasteiger partial charge in [-0.05, 0) is 24.4 Å². The van der Waals surface area contributed by atoms with Crippen LogP contribution >= 0.6 is 12.2 Å². The Kier molecular flexibility index (Phi) is 3.96. The molecular formula is C12H13N3O3S. The van der Waals surface area contributed by atoms with E-state index in [1.807, 2.05) is 18.2 Å². The van der Waals surface area contributed by atoms with Crippen LogP contribution in [-0.2, 0) is 0 Å². The van der Waals surface area contributed by atoms with Crippen molar-refractivity contribution in [3.8, 4) is 28.9 Å². The van der Waals surface area contributed by atoms with Gasteiger partial charge in [-0.2, -0.15) is 9.97 Å². The fraction of sp³-hybridized carbons (Fsp3) is 0.250. The first kappa shape index (κ1) is 13.3. The van der Waals surface area contributed by atoms with E-state index in [1.54, 1.807) is 14.2 Å². The molecule has 0 aliphatic carbocycles. The van der Waals surface area contributed by atoms with Gasteiger partial charge in [-0.15, -0.1) is 0 Å². The molecule has 0 unspecified atom stereocenters. The zero-order valence-corrected chi connectivity index (χ0v) is 11.6. The number of aromatic nitrogens is 3. The molecule has 0 radical (unpaired) electrons. The molecule has 0 bridgehead atoms. The van der Waals surface area contributed by atoms with Gasteiger partial charge in [-0.1, -0.05) is 6.07 Å². The number of rotatable bonds is 4. The number of nitrogens with zero attached hydrogens (tertiary/aromatic N) is 2. The van der Waals surface area contributed by atoms with Gasteiger partial charge in [-0.3, -0.25) is 4.98 Å². The van der Waals surface area contributed by atoms with Crippen LogP contribution in [0.4, 0.5) is 0 Å². The molecule has 0 atom stereocenters. The zero-order chi connectivity index (χ0) is 13.8. The van der Waals surface area contributed by atoms with E-state index in [2.05, 4.69) is 15.0 Å². The molecule has 19 heavy (non-hydrogen) atoms. The van der Waals surface area contributed by atoms with E-state index in [4.69, 9.17) is 26.4 Å². The third kappa shape index (κ3) is 2.65. The Morgan fingerprint density at radius 1 is 1.00 bits per heavy atom. The summed E-state index contributed by atoms with van der Waals surface area (Å²) in [5.41, 5.74) is 0.666. The fourth-order valence-corrected chi connectivity index (χ4v) is 1.84. The van der Waals surface area contributed by atoms with Gasteiger partial charge in [0.2, 0.25) is 4.77 Å². The second kappa shape index (κ2) is 5.66. The van der Waals surface area contributed by atoms with Gasteiger partial charge in [0.25, 0.3) is 6.01 Å². The largest absolute Gasteiger partial charge is 0.496 e. The maximum absolute atomic E-state index is 5.32. The zero-order valence-electron chi connectivity index (χ0n) is 10.8. The van der Waals surface area contributed by atoms with E-state index in [9.17, 15) is 0 Å². The lowest BCUT2D eigenvalue weighted by atomic mass is 10.1. The van der Waals surface area contributed by atoms with Crippen LogP contribution in [0.25, 0.3) is 11.4 Å². The molecule has 1 aromatic heterocycles. The summed E-state index contributed by atoms with van der Waals surface area (Å²) in [6, 6.07) is 5.73. The predicted octanol–water partition coefficient (Wildman–Crippen LogP) is 2.23. The molecule has 0 saturated carbocycles. The number of benzene rings is 1. The molecular weight excluding hydrogens is 266 g/mol. The Balaban J connectivity index is 2.70. The summed E-state index contributed by atoms with van der Waals surface area (Å²) in [5, 5.41) is 0. The molecule has 0 saturated heterocycles. The Bertz CT molecular complexity index is 620. The molecule has 7 heteroatoms. The third-order valence-corrected chi connectivity index (χ3v) is 2.67. The first-order valence-electron chi connectivity index (χ1n) is 5.43. The molecule has 1 aromatic carbocycles. The lowest BCUT2D eigenvalue weighted by Gasteiger charge is -2.12. The molecule has 2 rings (SSSR count). The first-order chi connectivity index (χ1) is 9.19. The summed E-state index contributed by atoms with van der Waals surface area (Å²) in [6.07, 6.45) is 0. The summed E-state index contributed by atoms with van der Waals surface area (Å²) < 4.78 is 15.9. The summed E-state index contributed by atoms with van der Waals surface area (Å²) in [5.74, 6) is 1.71. The standard InChI is InChI=1S/C12H13N3O3S/c1-16-7-5-4-6-8(17-2)9(7)10-13-11(18-3)15-12(19)14-10/h4-6H,1-3H3,(H,13,14,15,19). The van der Waals surface area contributed by atoms with Gasteiger partial charge in [0.15, 0.2) is 5.82 Å². The summed E-state index contributed by atoms with van der Waals surface area (Å²) in [6.45, 7) is 0. The van der Waals surface area contributed by atoms with Gasteiger partial charge in [0.1, 0.15) is 17.1 Å². The van der Waals surface area contributed by atoms with Crippen molar-refractivity contribution in [1.29, 1.82) is 0 Å². The van der Waals surface area contributed by atoms with Crippen molar-refractivity contribution in [3.05, 3.63) is 23.0 Å². The molecule has 1 N–H and O–H groups in total. The van der Waals surface area contributed by atoms with Crippen molar-refractivity contribution in [2.45, 2.75) is 0 Å². The Hall–Kier alpha value is -2.15. The Morgan fingerprint density at radius 3 is 2.16 bits per heavy atom. The second-order valence-electron chi connectivity index (χ2n) is 3.53. The van der Waals surface area contributed by atoms with E-state index in [1.165, 1.54) is 7.11 Å². The maximum Gasteiger partial charge on any atom is 0.297 e. The molecule has 0 aliphatic heterocycles. The van der Waals surface area contributed by atoms with Crippen LogP contribution in [0, 0.1) is 4.77 Å². The number of aromatic amines is 1. The van der Waals surface area contributed by atoms with Gasteiger partial charge >= 0.3 is 0 Å². The minimum absolute atomic E-state index is 0.179. The highest BCUT2D eigenvalue weighted by molar-refractivity contribution is 7.71. The molecule has 1 heterocycles. The van der Waals surface area contributed by atoms with E-state index in [0.29, 0.717) is 22.9 Å². The van der Waals surface area contributed by atoms with E-state index in [0.717, 1.165) is 0 Å². The molecule has 2 aromatic rings. The SMILES string of the molecule is COc1nc(=S)nc(-c2c(OC)cccc2OC)[nH]1. The maximum atomic E-state index is 5.32. The third-order valence-electron chi connectivity index (χ3n) is 2.49. The quantitative estimate of drug-likeness (QED) is 0.865. The minimum atomic E-state index is 0.179. The van der Waals surface area contributed by atoms with Crippen LogP contribution < -0.4 is 14.2 Å². The van der Waals surface area contributed by atoms with Crippen molar-refractivity contribution < 1.29 is 14.2 Å². The summed E-state index contributed by atoms with van der Waals surface area (Å²) >= 11 is 5.01. The molecule has 100 valence electrons. The number of nitrogens with one attached hydrogen (secondary N) is 1. The Morgan fingerprint density at radius 2 is 1.63 bits per heavy atom. The van der Waals surface area contributed by atoms with Crippen molar-refractivity contribution >= 4 is 12.2 Å². The van der Waals surface area contributed by atoms with Crippen LogP contribution in [0.1, 0.15) is 0 Å². The monoisotopic (exact) mass is 279 g/mol. The lowest BCUT2D eigenvalue weighted by Crippen LogP contribution is -2.00. The van der Waals surface area contributed by atoms with Crippen LogP contribution in [-0.4, -0.2) is 36.3 Å². The van der Waals surface area contributed by atoms with Crippen LogP contribution in [0.5, 0.6) is 17.5 Å². The van der Waals surface area contributed by atoms with Crippen molar-refractivity contribution in [3.63, 3.8) is 0 Å². The summed E-state index contributed by atoms with van der Waals surface area (Å²) in [7, 11) is 4.65. The normalized spacial score (nSPS) is 10.1. The van der Waals surface area contributed by atoms with Crippen LogP contribution in [0.3, 0.4) is 0 Å². The highest BCUT2D eigenvalue weighted by atomic mass is 32.1. The molecule has 0 fully saturated rings. The number of methoxy groups -OCH3 is 3. The van der Waals surface area contributed by atoms with Crippen LogP contribution in [0.15, 0.2) is 18.2 Å². The van der Waals surface area contributed by atoms with Gasteiger partial charge in [0, 0.05) is 0 Å². The minimum Gasteiger partial charge on any atom is -0.496 e. The average molecular weight is 279 g/mol. The van der Waals surface area contributed by atoms with Gasteiger partial charge < -0.3 is 14.2 Å².